The third kappa shape index (κ3) is 5.53. The number of nitrogens with zero attached hydrogens (tertiary/aromatic N) is 1. The van der Waals surface area contributed by atoms with E-state index < -0.39 is 6.09 Å². The van der Waals surface area contributed by atoms with E-state index in [0.29, 0.717) is 16.6 Å². The Balaban J connectivity index is 2.69. The van der Waals surface area contributed by atoms with E-state index in [-0.39, 0.29) is 0 Å². The van der Waals surface area contributed by atoms with Crippen molar-refractivity contribution in [1.82, 2.24) is 4.98 Å². The summed E-state index contributed by atoms with van der Waals surface area (Å²) in [5, 5.41) is 11.4. The molecule has 1 aromatic heterocycles. The van der Waals surface area contributed by atoms with Crippen LogP contribution in [0.1, 0.15) is 69.6 Å². The molecule has 1 aromatic rings. The van der Waals surface area contributed by atoms with Crippen LogP contribution in [0, 0.1) is 0 Å². The lowest BCUT2D eigenvalue weighted by Gasteiger charge is -2.15. The summed E-state index contributed by atoms with van der Waals surface area (Å²) in [6, 6.07) is 0. The quantitative estimate of drug-likeness (QED) is 0.536. The number of nitrogens with one attached hydrogen (secondary N) is 1. The number of amides is 1. The highest BCUT2D eigenvalue weighted by molar-refractivity contribution is 7.16. The molecule has 0 spiro atoms. The standard InChI is InChI=1S/C14H23BN2O2S/c1-3-5-6-7-9-10(8-4-2)11-12(15)16-13(20-11)17-14(18)19/h10H,3-9H2,1-2H3,(H,16,17)(H,18,19). The van der Waals surface area contributed by atoms with Crippen molar-refractivity contribution in [3.8, 4) is 0 Å². The number of hydrogen-bond acceptors (Lipinski definition) is 3. The Morgan fingerprint density at radius 2 is 2.05 bits per heavy atom. The van der Waals surface area contributed by atoms with Gasteiger partial charge in [0, 0.05) is 10.5 Å². The van der Waals surface area contributed by atoms with Crippen molar-refractivity contribution >= 4 is 36.0 Å². The minimum Gasteiger partial charge on any atom is -0.465 e. The van der Waals surface area contributed by atoms with Crippen LogP contribution in [0.2, 0.25) is 0 Å². The number of unbranched alkanes of at least 4 members (excludes halogenated alkanes) is 3. The molecule has 0 saturated heterocycles. The molecule has 1 amide bonds. The van der Waals surface area contributed by atoms with Gasteiger partial charge in [-0.2, -0.15) is 0 Å². The van der Waals surface area contributed by atoms with Gasteiger partial charge in [-0.15, -0.1) is 11.3 Å². The maximum atomic E-state index is 10.6. The molecule has 6 heteroatoms. The van der Waals surface area contributed by atoms with Crippen molar-refractivity contribution in [2.75, 3.05) is 5.32 Å². The monoisotopic (exact) mass is 294 g/mol. The van der Waals surface area contributed by atoms with Crippen molar-refractivity contribution in [3.63, 3.8) is 0 Å². The van der Waals surface area contributed by atoms with Crippen LogP contribution >= 0.6 is 11.3 Å². The van der Waals surface area contributed by atoms with Crippen molar-refractivity contribution in [2.24, 2.45) is 0 Å². The number of hydrogen-bond donors (Lipinski definition) is 2. The van der Waals surface area contributed by atoms with E-state index in [4.69, 9.17) is 13.0 Å². The third-order valence-electron chi connectivity index (χ3n) is 3.31. The largest absolute Gasteiger partial charge is 0.465 e. The van der Waals surface area contributed by atoms with E-state index in [1.165, 1.54) is 37.0 Å². The minimum atomic E-state index is -1.10. The van der Waals surface area contributed by atoms with Crippen molar-refractivity contribution in [2.45, 2.75) is 64.7 Å². The second kappa shape index (κ2) is 9.00. The summed E-state index contributed by atoms with van der Waals surface area (Å²) in [6.07, 6.45) is 7.11. The van der Waals surface area contributed by atoms with Gasteiger partial charge in [0.15, 0.2) is 5.13 Å². The Hall–Kier alpha value is -1.04. The van der Waals surface area contributed by atoms with Crippen LogP contribution in [-0.4, -0.2) is 24.0 Å². The van der Waals surface area contributed by atoms with E-state index in [1.54, 1.807) is 0 Å². The third-order valence-corrected chi connectivity index (χ3v) is 4.46. The first kappa shape index (κ1) is 17.0. The fourth-order valence-corrected chi connectivity index (χ4v) is 3.40. The zero-order valence-electron chi connectivity index (χ0n) is 12.3. The first-order valence-corrected chi connectivity index (χ1v) is 8.16. The van der Waals surface area contributed by atoms with E-state index in [9.17, 15) is 4.79 Å². The highest BCUT2D eigenvalue weighted by atomic mass is 32.1. The molecule has 1 heterocycles. The van der Waals surface area contributed by atoms with Crippen molar-refractivity contribution in [3.05, 3.63) is 4.88 Å². The number of thiazole rings is 1. The molecule has 1 atom stereocenters. The molecule has 110 valence electrons. The Morgan fingerprint density at radius 3 is 2.65 bits per heavy atom. The lowest BCUT2D eigenvalue weighted by molar-refractivity contribution is 0.209. The molecule has 0 aliphatic heterocycles. The van der Waals surface area contributed by atoms with Gasteiger partial charge in [0.25, 0.3) is 0 Å². The smallest absolute Gasteiger partial charge is 0.410 e. The summed E-state index contributed by atoms with van der Waals surface area (Å²) in [7, 11) is 5.95. The van der Waals surface area contributed by atoms with Crippen LogP contribution in [0.4, 0.5) is 9.93 Å². The molecule has 0 fully saturated rings. The van der Waals surface area contributed by atoms with Gasteiger partial charge in [-0.1, -0.05) is 46.0 Å². The zero-order chi connectivity index (χ0) is 15.0. The van der Waals surface area contributed by atoms with Gasteiger partial charge in [-0.3, -0.25) is 5.32 Å². The summed E-state index contributed by atoms with van der Waals surface area (Å²) in [6.45, 7) is 4.36. The van der Waals surface area contributed by atoms with Crippen molar-refractivity contribution in [1.29, 1.82) is 0 Å². The van der Waals surface area contributed by atoms with Gasteiger partial charge in [0.1, 0.15) is 7.85 Å². The van der Waals surface area contributed by atoms with Crippen LogP contribution < -0.4 is 10.9 Å². The molecular formula is C14H23BN2O2S. The van der Waals surface area contributed by atoms with Gasteiger partial charge in [0.05, 0.1) is 0 Å². The lowest BCUT2D eigenvalue weighted by atomic mass is 9.89. The molecule has 1 rings (SSSR count). The van der Waals surface area contributed by atoms with Crippen molar-refractivity contribution < 1.29 is 9.90 Å². The lowest BCUT2D eigenvalue weighted by Crippen LogP contribution is -2.14. The Bertz CT molecular complexity index is 423. The maximum Gasteiger partial charge on any atom is 0.410 e. The molecule has 0 saturated carbocycles. The summed E-state index contributed by atoms with van der Waals surface area (Å²) in [4.78, 5) is 15.8. The minimum absolute atomic E-state index is 0.375. The Kier molecular flexibility index (Phi) is 7.66. The van der Waals surface area contributed by atoms with Crippen LogP contribution in [0.5, 0.6) is 0 Å². The van der Waals surface area contributed by atoms with Gasteiger partial charge >= 0.3 is 6.09 Å². The van der Waals surface area contributed by atoms with Gasteiger partial charge in [0.2, 0.25) is 0 Å². The predicted molar refractivity (Wildman–Crippen MR) is 85.6 cm³/mol. The number of aromatic nitrogens is 1. The maximum absolute atomic E-state index is 10.6. The molecule has 0 aromatic carbocycles. The summed E-state index contributed by atoms with van der Waals surface area (Å²) >= 11 is 1.37. The van der Waals surface area contributed by atoms with Crippen LogP contribution in [-0.2, 0) is 0 Å². The molecule has 0 bridgehead atoms. The van der Waals surface area contributed by atoms with Gasteiger partial charge in [-0.25, -0.2) is 9.78 Å². The highest BCUT2D eigenvalue weighted by Crippen LogP contribution is 2.31. The summed E-state index contributed by atoms with van der Waals surface area (Å²) in [5.41, 5.74) is 0.479. The van der Waals surface area contributed by atoms with Gasteiger partial charge in [-0.05, 0) is 18.8 Å². The first-order chi connectivity index (χ1) is 9.58. The van der Waals surface area contributed by atoms with Crippen LogP contribution in [0.25, 0.3) is 0 Å². The van der Waals surface area contributed by atoms with Crippen LogP contribution in [0.15, 0.2) is 0 Å². The summed E-state index contributed by atoms with van der Waals surface area (Å²) in [5.74, 6) is 0.402. The summed E-state index contributed by atoms with van der Waals surface area (Å²) < 4.78 is 0. The van der Waals surface area contributed by atoms with Crippen LogP contribution in [0.3, 0.4) is 0 Å². The molecule has 0 aliphatic carbocycles. The fraction of sp³-hybridized carbons (Fsp3) is 0.714. The average Bonchev–Trinajstić information content (AvgIpc) is 2.73. The normalized spacial score (nSPS) is 12.3. The fourth-order valence-electron chi connectivity index (χ4n) is 2.35. The first-order valence-electron chi connectivity index (χ1n) is 7.34. The second-order valence-electron chi connectivity index (χ2n) is 5.03. The average molecular weight is 294 g/mol. The van der Waals surface area contributed by atoms with E-state index in [2.05, 4.69) is 24.1 Å². The Labute approximate surface area is 126 Å². The molecule has 2 radical (unpaired) electrons. The molecule has 2 N–H and O–H groups in total. The number of rotatable bonds is 9. The molecule has 4 nitrogen and oxygen atoms in total. The predicted octanol–water partition coefficient (Wildman–Crippen LogP) is 3.88. The zero-order valence-corrected chi connectivity index (χ0v) is 13.1. The number of carbonyl (C=O) groups is 1. The van der Waals surface area contributed by atoms with E-state index in [0.717, 1.165) is 24.1 Å². The number of anilines is 1. The van der Waals surface area contributed by atoms with Gasteiger partial charge < -0.3 is 5.11 Å². The second-order valence-corrected chi connectivity index (χ2v) is 6.06. The number of carboxylic acid groups (broad SMARTS) is 1. The highest BCUT2D eigenvalue weighted by Gasteiger charge is 2.18. The molecular weight excluding hydrogens is 271 g/mol. The topological polar surface area (TPSA) is 62.2 Å². The Morgan fingerprint density at radius 1 is 1.30 bits per heavy atom. The molecule has 0 aliphatic rings. The molecule has 1 unspecified atom stereocenters. The van der Waals surface area contributed by atoms with E-state index >= 15 is 0 Å². The molecule has 20 heavy (non-hydrogen) atoms. The SMILES string of the molecule is [B]c1nc(NC(=O)O)sc1C(CCC)CCCCCC. The van der Waals surface area contributed by atoms with E-state index in [1.807, 2.05) is 0 Å².